The molecule has 3 nitrogen and oxygen atoms in total. The number of carbonyl (C=O) groups is 1. The summed E-state index contributed by atoms with van der Waals surface area (Å²) in [6, 6.07) is 5.04. The molecule has 0 spiro atoms. The van der Waals surface area contributed by atoms with Crippen LogP contribution in [0.1, 0.15) is 61.4 Å². The number of rotatable bonds is 9. The van der Waals surface area contributed by atoms with Gasteiger partial charge in [-0.05, 0) is 36.6 Å². The van der Waals surface area contributed by atoms with E-state index in [-0.39, 0.29) is 5.56 Å². The van der Waals surface area contributed by atoms with Crippen LogP contribution in [0, 0.1) is 0 Å². The standard InChI is InChI=1S/C16H24O3/c1-3-4-5-6-7-8-9-13-12-14(19-2)10-11-15(13)16(17)18/h10-12H,3-9H2,1-2H3,(H,17,18)/p-1. The van der Waals surface area contributed by atoms with Crippen molar-refractivity contribution in [1.82, 2.24) is 0 Å². The van der Waals surface area contributed by atoms with E-state index in [0.717, 1.165) is 24.8 Å². The minimum absolute atomic E-state index is 0.286. The molecule has 0 saturated heterocycles. The van der Waals surface area contributed by atoms with Gasteiger partial charge in [0.25, 0.3) is 0 Å². The van der Waals surface area contributed by atoms with Gasteiger partial charge < -0.3 is 14.6 Å². The second kappa shape index (κ2) is 8.57. The Kier molecular flexibility index (Phi) is 7.01. The van der Waals surface area contributed by atoms with Gasteiger partial charge in [-0.1, -0.05) is 39.0 Å². The Bertz CT molecular complexity index is 399. The van der Waals surface area contributed by atoms with Crippen LogP contribution in [0.5, 0.6) is 5.75 Å². The molecule has 3 heteroatoms. The fourth-order valence-corrected chi connectivity index (χ4v) is 2.20. The van der Waals surface area contributed by atoms with Crippen LogP contribution in [0.4, 0.5) is 0 Å². The van der Waals surface area contributed by atoms with Crippen LogP contribution in [0.3, 0.4) is 0 Å². The Morgan fingerprint density at radius 1 is 1.16 bits per heavy atom. The summed E-state index contributed by atoms with van der Waals surface area (Å²) in [6.07, 6.45) is 7.93. The van der Waals surface area contributed by atoms with E-state index in [0.29, 0.717) is 5.75 Å². The molecule has 1 aromatic rings. The lowest BCUT2D eigenvalue weighted by molar-refractivity contribution is -0.255. The van der Waals surface area contributed by atoms with Gasteiger partial charge in [-0.3, -0.25) is 0 Å². The highest BCUT2D eigenvalue weighted by Crippen LogP contribution is 2.20. The molecule has 1 aromatic carbocycles. The Balaban J connectivity index is 2.52. The molecule has 0 bridgehead atoms. The van der Waals surface area contributed by atoms with E-state index in [9.17, 15) is 9.90 Å². The highest BCUT2D eigenvalue weighted by molar-refractivity contribution is 5.87. The van der Waals surface area contributed by atoms with Crippen molar-refractivity contribution in [2.24, 2.45) is 0 Å². The topological polar surface area (TPSA) is 49.4 Å². The molecule has 0 aliphatic rings. The van der Waals surface area contributed by atoms with E-state index in [1.165, 1.54) is 25.7 Å². The second-order valence-corrected chi connectivity index (χ2v) is 4.83. The van der Waals surface area contributed by atoms with Crippen LogP contribution in [0.15, 0.2) is 18.2 Å². The minimum Gasteiger partial charge on any atom is -0.545 e. The summed E-state index contributed by atoms with van der Waals surface area (Å²) in [7, 11) is 1.59. The van der Waals surface area contributed by atoms with Crippen LogP contribution in [0.2, 0.25) is 0 Å². The third-order valence-corrected chi connectivity index (χ3v) is 3.33. The maximum absolute atomic E-state index is 11.0. The summed E-state index contributed by atoms with van der Waals surface area (Å²) in [4.78, 5) is 11.0. The fraction of sp³-hybridized carbons (Fsp3) is 0.562. The van der Waals surface area contributed by atoms with Crippen LogP contribution >= 0.6 is 0 Å². The molecule has 0 aromatic heterocycles. The maximum atomic E-state index is 11.0. The zero-order valence-electron chi connectivity index (χ0n) is 11.9. The SMILES string of the molecule is CCCCCCCCc1cc(OC)ccc1C(=O)[O-]. The predicted molar refractivity (Wildman–Crippen MR) is 74.4 cm³/mol. The number of carbonyl (C=O) groups excluding carboxylic acids is 1. The first kappa shape index (κ1) is 15.5. The van der Waals surface area contributed by atoms with Crippen molar-refractivity contribution in [1.29, 1.82) is 0 Å². The van der Waals surface area contributed by atoms with Gasteiger partial charge in [-0.25, -0.2) is 0 Å². The number of benzene rings is 1. The van der Waals surface area contributed by atoms with Gasteiger partial charge in [0.1, 0.15) is 5.75 Å². The molecule has 0 saturated carbocycles. The normalized spacial score (nSPS) is 10.4. The lowest BCUT2D eigenvalue weighted by Crippen LogP contribution is -2.23. The summed E-state index contributed by atoms with van der Waals surface area (Å²) in [5.41, 5.74) is 1.10. The molecule has 0 fully saturated rings. The largest absolute Gasteiger partial charge is 0.545 e. The number of methoxy groups -OCH3 is 1. The van der Waals surface area contributed by atoms with Crippen LogP contribution in [0.25, 0.3) is 0 Å². The number of aromatic carboxylic acids is 1. The van der Waals surface area contributed by atoms with E-state index in [4.69, 9.17) is 4.74 Å². The highest BCUT2D eigenvalue weighted by atomic mass is 16.5. The Hall–Kier alpha value is -1.51. The number of hydrogen-bond acceptors (Lipinski definition) is 3. The smallest absolute Gasteiger partial charge is 0.119 e. The molecule has 0 aliphatic heterocycles. The van der Waals surface area contributed by atoms with Crippen molar-refractivity contribution in [2.45, 2.75) is 51.9 Å². The number of carboxylic acid groups (broad SMARTS) is 1. The van der Waals surface area contributed by atoms with Gasteiger partial charge in [-0.2, -0.15) is 0 Å². The van der Waals surface area contributed by atoms with E-state index in [1.54, 1.807) is 25.3 Å². The first-order valence-electron chi connectivity index (χ1n) is 7.07. The summed E-state index contributed by atoms with van der Waals surface area (Å²) < 4.78 is 5.14. The fourth-order valence-electron chi connectivity index (χ4n) is 2.20. The molecule has 0 N–H and O–H groups in total. The zero-order valence-corrected chi connectivity index (χ0v) is 11.9. The lowest BCUT2D eigenvalue weighted by atomic mass is 10.00. The predicted octanol–water partition coefficient (Wildman–Crippen LogP) is 2.96. The quantitative estimate of drug-likeness (QED) is 0.644. The zero-order chi connectivity index (χ0) is 14.1. The monoisotopic (exact) mass is 263 g/mol. The number of aryl methyl sites for hydroxylation is 1. The van der Waals surface area contributed by atoms with Crippen molar-refractivity contribution < 1.29 is 14.6 Å². The molecule has 0 heterocycles. The van der Waals surface area contributed by atoms with E-state index in [1.807, 2.05) is 0 Å². The minimum atomic E-state index is -1.11. The Morgan fingerprint density at radius 2 is 1.84 bits per heavy atom. The van der Waals surface area contributed by atoms with Crippen molar-refractivity contribution in [2.75, 3.05) is 7.11 Å². The Labute approximate surface area is 115 Å². The van der Waals surface area contributed by atoms with Crippen molar-refractivity contribution in [3.05, 3.63) is 29.3 Å². The van der Waals surface area contributed by atoms with Crippen molar-refractivity contribution >= 4 is 5.97 Å². The van der Waals surface area contributed by atoms with Crippen LogP contribution in [-0.2, 0) is 6.42 Å². The molecule has 19 heavy (non-hydrogen) atoms. The maximum Gasteiger partial charge on any atom is 0.119 e. The molecule has 0 aliphatic carbocycles. The van der Waals surface area contributed by atoms with E-state index >= 15 is 0 Å². The molecule has 0 atom stereocenters. The van der Waals surface area contributed by atoms with E-state index < -0.39 is 5.97 Å². The summed E-state index contributed by atoms with van der Waals surface area (Å²) in [5.74, 6) is -0.408. The third kappa shape index (κ3) is 5.33. The first-order chi connectivity index (χ1) is 9.19. The van der Waals surface area contributed by atoms with Crippen LogP contribution in [-0.4, -0.2) is 13.1 Å². The highest BCUT2D eigenvalue weighted by Gasteiger charge is 2.05. The van der Waals surface area contributed by atoms with Gasteiger partial charge in [0.05, 0.1) is 13.1 Å². The van der Waals surface area contributed by atoms with Crippen molar-refractivity contribution in [3.8, 4) is 5.75 Å². The molecular weight excluding hydrogens is 240 g/mol. The second-order valence-electron chi connectivity index (χ2n) is 4.83. The van der Waals surface area contributed by atoms with Crippen molar-refractivity contribution in [3.63, 3.8) is 0 Å². The van der Waals surface area contributed by atoms with Gasteiger partial charge in [0.15, 0.2) is 0 Å². The average molecular weight is 263 g/mol. The van der Waals surface area contributed by atoms with Gasteiger partial charge >= 0.3 is 0 Å². The van der Waals surface area contributed by atoms with Gasteiger partial charge in [0, 0.05) is 5.56 Å². The molecule has 106 valence electrons. The number of carboxylic acids is 1. The Morgan fingerprint density at radius 3 is 2.47 bits per heavy atom. The van der Waals surface area contributed by atoms with E-state index in [2.05, 4.69) is 6.92 Å². The van der Waals surface area contributed by atoms with Crippen LogP contribution < -0.4 is 9.84 Å². The molecular formula is C16H23O3-. The summed E-state index contributed by atoms with van der Waals surface area (Å²) in [5, 5.41) is 11.0. The number of ether oxygens (including phenoxy) is 1. The molecule has 0 unspecified atom stereocenters. The van der Waals surface area contributed by atoms with Gasteiger partial charge in [0.2, 0.25) is 0 Å². The third-order valence-electron chi connectivity index (χ3n) is 3.33. The molecule has 0 radical (unpaired) electrons. The average Bonchev–Trinajstić information content (AvgIpc) is 2.42. The summed E-state index contributed by atoms with van der Waals surface area (Å²) in [6.45, 7) is 2.20. The number of hydrogen-bond donors (Lipinski definition) is 0. The van der Waals surface area contributed by atoms with Gasteiger partial charge in [-0.15, -0.1) is 0 Å². The number of unbranched alkanes of at least 4 members (excludes halogenated alkanes) is 5. The summed E-state index contributed by atoms with van der Waals surface area (Å²) >= 11 is 0. The molecule has 1 rings (SSSR count). The first-order valence-corrected chi connectivity index (χ1v) is 7.07. The molecule has 0 amide bonds. The lowest BCUT2D eigenvalue weighted by Gasteiger charge is -2.12.